The van der Waals surface area contributed by atoms with Gasteiger partial charge < -0.3 is 16.0 Å². The zero-order valence-electron chi connectivity index (χ0n) is 16.3. The normalized spacial score (nSPS) is 16.3. The van der Waals surface area contributed by atoms with E-state index in [1.807, 2.05) is 0 Å². The van der Waals surface area contributed by atoms with Gasteiger partial charge in [-0.2, -0.15) is 0 Å². The molecule has 3 N–H and O–H groups in total. The fourth-order valence-electron chi connectivity index (χ4n) is 3.25. The summed E-state index contributed by atoms with van der Waals surface area (Å²) in [6.07, 6.45) is 3.07. The number of carbonyl (C=O) groups excluding carboxylic acids is 1. The third-order valence-electron chi connectivity index (χ3n) is 4.83. The van der Waals surface area contributed by atoms with E-state index in [0.29, 0.717) is 19.1 Å². The Hall–Kier alpha value is -2.08. The maximum absolute atomic E-state index is 11.5. The van der Waals surface area contributed by atoms with Crippen LogP contribution in [0.3, 0.4) is 0 Å². The van der Waals surface area contributed by atoms with Crippen LogP contribution in [0, 0.1) is 0 Å². The summed E-state index contributed by atoms with van der Waals surface area (Å²) in [5.41, 5.74) is 2.64. The number of likely N-dealkylation sites (N-methyl/N-ethyl adjacent to an activating group) is 1. The van der Waals surface area contributed by atoms with Gasteiger partial charge in [-0.15, -0.1) is 0 Å². The van der Waals surface area contributed by atoms with Crippen molar-refractivity contribution in [3.63, 3.8) is 0 Å². The van der Waals surface area contributed by atoms with Crippen molar-refractivity contribution in [1.29, 1.82) is 0 Å². The van der Waals surface area contributed by atoms with E-state index in [4.69, 9.17) is 4.99 Å². The lowest BCUT2D eigenvalue weighted by Crippen LogP contribution is -2.50. The van der Waals surface area contributed by atoms with Crippen LogP contribution in [0.5, 0.6) is 0 Å². The number of nitrogens with zero attached hydrogens (tertiary/aromatic N) is 2. The van der Waals surface area contributed by atoms with Crippen LogP contribution in [0.25, 0.3) is 0 Å². The first-order valence-corrected chi connectivity index (χ1v) is 9.70. The van der Waals surface area contributed by atoms with Crippen molar-refractivity contribution in [3.05, 3.63) is 35.4 Å². The van der Waals surface area contributed by atoms with E-state index < -0.39 is 0 Å². The second kappa shape index (κ2) is 10.8. The highest BCUT2D eigenvalue weighted by Crippen LogP contribution is 2.12. The van der Waals surface area contributed by atoms with Gasteiger partial charge in [0.2, 0.25) is 5.91 Å². The third-order valence-corrected chi connectivity index (χ3v) is 4.83. The minimum atomic E-state index is 0.0842. The van der Waals surface area contributed by atoms with Gasteiger partial charge >= 0.3 is 0 Å². The molecule has 1 fully saturated rings. The average Bonchev–Trinajstić information content (AvgIpc) is 2.67. The lowest BCUT2D eigenvalue weighted by atomic mass is 10.1. The Kier molecular flexibility index (Phi) is 8.41. The summed E-state index contributed by atoms with van der Waals surface area (Å²) in [6, 6.07) is 8.89. The van der Waals surface area contributed by atoms with E-state index in [0.717, 1.165) is 44.9 Å². The lowest BCUT2D eigenvalue weighted by Gasteiger charge is -2.32. The Morgan fingerprint density at radius 2 is 1.88 bits per heavy atom. The quantitative estimate of drug-likeness (QED) is 0.510. The number of aryl methyl sites for hydroxylation is 1. The maximum Gasteiger partial charge on any atom is 0.233 e. The molecule has 6 nitrogen and oxygen atoms in total. The molecule has 0 saturated carbocycles. The zero-order valence-corrected chi connectivity index (χ0v) is 16.3. The summed E-state index contributed by atoms with van der Waals surface area (Å²) in [4.78, 5) is 18.5. The first kappa shape index (κ1) is 20.2. The molecular formula is C20H33N5O. The Labute approximate surface area is 157 Å². The second-order valence-electron chi connectivity index (χ2n) is 6.69. The van der Waals surface area contributed by atoms with Gasteiger partial charge in [-0.3, -0.25) is 9.69 Å². The molecule has 1 aliphatic heterocycles. The van der Waals surface area contributed by atoms with Crippen LogP contribution in [-0.4, -0.2) is 56.0 Å². The van der Waals surface area contributed by atoms with Crippen molar-refractivity contribution >= 4 is 11.9 Å². The maximum atomic E-state index is 11.5. The molecule has 1 aliphatic rings. The molecule has 0 radical (unpaired) electrons. The van der Waals surface area contributed by atoms with E-state index in [9.17, 15) is 4.79 Å². The summed E-state index contributed by atoms with van der Waals surface area (Å²) in [7, 11) is 1.69. The molecular weight excluding hydrogens is 326 g/mol. The van der Waals surface area contributed by atoms with E-state index in [-0.39, 0.29) is 5.91 Å². The summed E-state index contributed by atoms with van der Waals surface area (Å²) in [5.74, 6) is 0.962. The van der Waals surface area contributed by atoms with Crippen molar-refractivity contribution in [2.45, 2.75) is 45.7 Å². The monoisotopic (exact) mass is 359 g/mol. The van der Waals surface area contributed by atoms with Gasteiger partial charge in [0.05, 0.1) is 13.1 Å². The van der Waals surface area contributed by atoms with E-state index in [2.05, 4.69) is 59.0 Å². The molecule has 26 heavy (non-hydrogen) atoms. The molecule has 6 heteroatoms. The Bertz CT molecular complexity index is 594. The van der Waals surface area contributed by atoms with E-state index in [1.165, 1.54) is 11.1 Å². The molecule has 0 unspecified atom stereocenters. The van der Waals surface area contributed by atoms with Crippen molar-refractivity contribution in [1.82, 2.24) is 20.9 Å². The van der Waals surface area contributed by atoms with Crippen LogP contribution in [0.2, 0.25) is 0 Å². The number of rotatable bonds is 7. The van der Waals surface area contributed by atoms with Crippen LogP contribution in [0.4, 0.5) is 0 Å². The highest BCUT2D eigenvalue weighted by atomic mass is 16.1. The third kappa shape index (κ3) is 6.33. The van der Waals surface area contributed by atoms with Crippen LogP contribution in [-0.2, 0) is 17.8 Å². The molecule has 0 aliphatic carbocycles. The fraction of sp³-hybridized carbons (Fsp3) is 0.600. The number of carbonyl (C=O) groups is 1. The Morgan fingerprint density at radius 1 is 1.19 bits per heavy atom. The van der Waals surface area contributed by atoms with Crippen molar-refractivity contribution in [3.8, 4) is 0 Å². The second-order valence-corrected chi connectivity index (χ2v) is 6.69. The van der Waals surface area contributed by atoms with Gasteiger partial charge in [0.1, 0.15) is 0 Å². The number of benzene rings is 1. The number of amides is 1. The van der Waals surface area contributed by atoms with Crippen LogP contribution >= 0.6 is 0 Å². The number of likely N-dealkylation sites (tertiary alicyclic amines) is 1. The molecule has 0 aromatic heterocycles. The fourth-order valence-corrected chi connectivity index (χ4v) is 3.25. The number of aliphatic imine (C=N–C) groups is 1. The molecule has 0 bridgehead atoms. The summed E-state index contributed by atoms with van der Waals surface area (Å²) in [5, 5.41) is 9.60. The Morgan fingerprint density at radius 3 is 2.50 bits per heavy atom. The van der Waals surface area contributed by atoms with Gasteiger partial charge in [0, 0.05) is 32.7 Å². The highest BCUT2D eigenvalue weighted by Gasteiger charge is 2.21. The van der Waals surface area contributed by atoms with Crippen molar-refractivity contribution < 1.29 is 4.79 Å². The molecule has 1 saturated heterocycles. The SMILES string of the molecule is CCNC(=NCc1ccccc1CC)NC1CCN(CC(=O)NC)CC1. The van der Waals surface area contributed by atoms with Crippen LogP contribution in [0.15, 0.2) is 29.3 Å². The van der Waals surface area contributed by atoms with Crippen LogP contribution < -0.4 is 16.0 Å². The van der Waals surface area contributed by atoms with Gasteiger partial charge in [-0.05, 0) is 37.3 Å². The number of hydrogen-bond donors (Lipinski definition) is 3. The largest absolute Gasteiger partial charge is 0.358 e. The first-order valence-electron chi connectivity index (χ1n) is 9.70. The molecule has 0 spiro atoms. The smallest absolute Gasteiger partial charge is 0.233 e. The molecule has 1 amide bonds. The van der Waals surface area contributed by atoms with Crippen molar-refractivity contribution in [2.75, 3.05) is 33.2 Å². The molecule has 144 valence electrons. The number of nitrogens with one attached hydrogen (secondary N) is 3. The molecule has 1 aromatic rings. The molecule has 2 rings (SSSR count). The lowest BCUT2D eigenvalue weighted by molar-refractivity contribution is -0.122. The molecule has 0 atom stereocenters. The Balaban J connectivity index is 1.89. The molecule has 1 aromatic carbocycles. The van der Waals surface area contributed by atoms with Gasteiger partial charge in [0.25, 0.3) is 0 Å². The van der Waals surface area contributed by atoms with Crippen LogP contribution in [0.1, 0.15) is 37.8 Å². The zero-order chi connectivity index (χ0) is 18.8. The minimum absolute atomic E-state index is 0.0842. The number of guanidine groups is 1. The summed E-state index contributed by atoms with van der Waals surface area (Å²) < 4.78 is 0. The van der Waals surface area contributed by atoms with Gasteiger partial charge in [-0.25, -0.2) is 4.99 Å². The standard InChI is InChI=1S/C20H33N5O/c1-4-16-8-6-7-9-17(16)14-23-20(22-5-2)24-18-10-12-25(13-11-18)15-19(26)21-3/h6-9,18H,4-5,10-15H2,1-3H3,(H,21,26)(H2,22,23,24). The van der Waals surface area contributed by atoms with Gasteiger partial charge in [0.15, 0.2) is 5.96 Å². The first-order chi connectivity index (χ1) is 12.7. The number of piperidine rings is 1. The predicted molar refractivity (Wildman–Crippen MR) is 107 cm³/mol. The highest BCUT2D eigenvalue weighted by molar-refractivity contribution is 5.80. The minimum Gasteiger partial charge on any atom is -0.358 e. The topological polar surface area (TPSA) is 68.8 Å². The number of hydrogen-bond acceptors (Lipinski definition) is 3. The molecule has 1 heterocycles. The van der Waals surface area contributed by atoms with Gasteiger partial charge in [-0.1, -0.05) is 31.2 Å². The predicted octanol–water partition coefficient (Wildman–Crippen LogP) is 1.51. The van der Waals surface area contributed by atoms with Crippen molar-refractivity contribution in [2.24, 2.45) is 4.99 Å². The summed E-state index contributed by atoms with van der Waals surface area (Å²) >= 11 is 0. The van der Waals surface area contributed by atoms with E-state index >= 15 is 0 Å². The van der Waals surface area contributed by atoms with E-state index in [1.54, 1.807) is 7.05 Å². The average molecular weight is 360 g/mol. The summed E-state index contributed by atoms with van der Waals surface area (Å²) in [6.45, 7) is 8.16.